The Morgan fingerprint density at radius 2 is 1.91 bits per heavy atom. The molecule has 126 valence electrons. The number of benzene rings is 1. The Bertz CT molecular complexity index is 579. The fourth-order valence-corrected chi connectivity index (χ4v) is 3.04. The zero-order chi connectivity index (χ0) is 17.0. The molecule has 6 heteroatoms. The molecule has 2 N–H and O–H groups in total. The third kappa shape index (κ3) is 3.35. The van der Waals surface area contributed by atoms with E-state index in [1.807, 2.05) is 6.92 Å². The molecule has 0 saturated heterocycles. The van der Waals surface area contributed by atoms with Crippen LogP contribution < -0.4 is 5.32 Å². The summed E-state index contributed by atoms with van der Waals surface area (Å²) < 4.78 is 28.2. The first-order valence-electron chi connectivity index (χ1n) is 7.90. The number of carboxylic acids is 1. The zero-order valence-electron chi connectivity index (χ0n) is 13.1. The van der Waals surface area contributed by atoms with Gasteiger partial charge in [0.2, 0.25) is 5.91 Å². The van der Waals surface area contributed by atoms with Gasteiger partial charge in [0, 0.05) is 5.56 Å². The van der Waals surface area contributed by atoms with Gasteiger partial charge in [0.1, 0.15) is 17.7 Å². The number of halogens is 2. The Labute approximate surface area is 133 Å². The van der Waals surface area contributed by atoms with Gasteiger partial charge < -0.3 is 10.4 Å². The SMILES string of the molecule is CCCCC(NC(=O)C1(c2c(F)cccc2F)CCC1)C(=O)O. The van der Waals surface area contributed by atoms with Crippen molar-refractivity contribution in [2.45, 2.75) is 56.9 Å². The number of carbonyl (C=O) groups excluding carboxylic acids is 1. The second-order valence-electron chi connectivity index (χ2n) is 6.04. The van der Waals surface area contributed by atoms with Gasteiger partial charge in [-0.25, -0.2) is 13.6 Å². The Kier molecular flexibility index (Phi) is 5.34. The van der Waals surface area contributed by atoms with Gasteiger partial charge in [0.05, 0.1) is 5.41 Å². The molecule has 23 heavy (non-hydrogen) atoms. The lowest BCUT2D eigenvalue weighted by atomic mass is 9.63. The highest BCUT2D eigenvalue weighted by atomic mass is 19.1. The third-order valence-electron chi connectivity index (χ3n) is 4.53. The summed E-state index contributed by atoms with van der Waals surface area (Å²) in [7, 11) is 0. The number of aliphatic carboxylic acids is 1. The van der Waals surface area contributed by atoms with Crippen molar-refractivity contribution in [3.8, 4) is 0 Å². The van der Waals surface area contributed by atoms with Crippen LogP contribution in [0.25, 0.3) is 0 Å². The van der Waals surface area contributed by atoms with Crippen molar-refractivity contribution in [1.82, 2.24) is 5.32 Å². The number of rotatable bonds is 7. The largest absolute Gasteiger partial charge is 0.480 e. The standard InChI is InChI=1S/C17H21F2NO3/c1-2-3-8-13(15(21)22)20-16(23)17(9-5-10-17)14-11(18)6-4-7-12(14)19/h4,6-7,13H,2-3,5,8-10H2,1H3,(H,20,23)(H,21,22). The maximum atomic E-state index is 14.1. The predicted molar refractivity (Wildman–Crippen MR) is 81.0 cm³/mol. The molecule has 0 aliphatic heterocycles. The smallest absolute Gasteiger partial charge is 0.326 e. The van der Waals surface area contributed by atoms with Crippen molar-refractivity contribution in [3.05, 3.63) is 35.4 Å². The van der Waals surface area contributed by atoms with Crippen LogP contribution in [-0.4, -0.2) is 23.0 Å². The van der Waals surface area contributed by atoms with Crippen LogP contribution >= 0.6 is 0 Å². The van der Waals surface area contributed by atoms with Crippen molar-refractivity contribution >= 4 is 11.9 Å². The lowest BCUT2D eigenvalue weighted by Crippen LogP contribution is -2.54. The van der Waals surface area contributed by atoms with Crippen LogP contribution in [0.3, 0.4) is 0 Å². The minimum Gasteiger partial charge on any atom is -0.480 e. The molecule has 0 aromatic heterocycles. The molecule has 1 aliphatic carbocycles. The highest BCUT2D eigenvalue weighted by Gasteiger charge is 2.49. The third-order valence-corrected chi connectivity index (χ3v) is 4.53. The molecule has 1 amide bonds. The zero-order valence-corrected chi connectivity index (χ0v) is 13.1. The van der Waals surface area contributed by atoms with Gasteiger partial charge in [-0.05, 0) is 31.4 Å². The molecule has 0 heterocycles. The van der Waals surface area contributed by atoms with Crippen LogP contribution in [0.1, 0.15) is 51.0 Å². The van der Waals surface area contributed by atoms with Crippen molar-refractivity contribution < 1.29 is 23.5 Å². The van der Waals surface area contributed by atoms with E-state index in [9.17, 15) is 23.5 Å². The van der Waals surface area contributed by atoms with Crippen molar-refractivity contribution in [3.63, 3.8) is 0 Å². The Morgan fingerprint density at radius 1 is 1.30 bits per heavy atom. The molecule has 1 aromatic rings. The van der Waals surface area contributed by atoms with E-state index < -0.39 is 35.0 Å². The van der Waals surface area contributed by atoms with Crippen LogP contribution in [0.15, 0.2) is 18.2 Å². The molecule has 1 fully saturated rings. The molecule has 1 unspecified atom stereocenters. The van der Waals surface area contributed by atoms with Gasteiger partial charge in [-0.3, -0.25) is 4.79 Å². The van der Waals surface area contributed by atoms with E-state index in [2.05, 4.69) is 5.32 Å². The average Bonchev–Trinajstić information content (AvgIpc) is 2.45. The highest BCUT2D eigenvalue weighted by Crippen LogP contribution is 2.46. The fraction of sp³-hybridized carbons (Fsp3) is 0.529. The van der Waals surface area contributed by atoms with Gasteiger partial charge in [-0.2, -0.15) is 0 Å². The number of unbranched alkanes of at least 4 members (excludes halogenated alkanes) is 1. The molecule has 0 bridgehead atoms. The molecule has 1 saturated carbocycles. The minimum atomic E-state index is -1.30. The minimum absolute atomic E-state index is 0.247. The number of amides is 1. The molecule has 1 aromatic carbocycles. The normalized spacial score (nSPS) is 17.2. The van der Waals surface area contributed by atoms with Crippen LogP contribution in [0, 0.1) is 11.6 Å². The Morgan fingerprint density at radius 3 is 2.35 bits per heavy atom. The van der Waals surface area contributed by atoms with Gasteiger partial charge in [0.25, 0.3) is 0 Å². The van der Waals surface area contributed by atoms with Gasteiger partial charge in [0.15, 0.2) is 0 Å². The van der Waals surface area contributed by atoms with E-state index in [1.165, 1.54) is 6.07 Å². The first-order chi connectivity index (χ1) is 10.9. The highest BCUT2D eigenvalue weighted by molar-refractivity contribution is 5.92. The first kappa shape index (κ1) is 17.4. The first-order valence-corrected chi connectivity index (χ1v) is 7.90. The number of carbonyl (C=O) groups is 2. The van der Waals surface area contributed by atoms with E-state index in [4.69, 9.17) is 0 Å². The van der Waals surface area contributed by atoms with Crippen LogP contribution in [0.5, 0.6) is 0 Å². The quantitative estimate of drug-likeness (QED) is 0.809. The molecule has 0 radical (unpaired) electrons. The van der Waals surface area contributed by atoms with Gasteiger partial charge >= 0.3 is 5.97 Å². The van der Waals surface area contributed by atoms with Gasteiger partial charge in [-0.1, -0.05) is 32.3 Å². The van der Waals surface area contributed by atoms with E-state index in [-0.39, 0.29) is 5.56 Å². The van der Waals surface area contributed by atoms with Crippen LogP contribution in [0.4, 0.5) is 8.78 Å². The van der Waals surface area contributed by atoms with Crippen molar-refractivity contribution in [1.29, 1.82) is 0 Å². The summed E-state index contributed by atoms with van der Waals surface area (Å²) in [6.45, 7) is 1.92. The molecule has 4 nitrogen and oxygen atoms in total. The summed E-state index contributed by atoms with van der Waals surface area (Å²) in [5, 5.41) is 11.7. The summed E-state index contributed by atoms with van der Waals surface area (Å²) in [4.78, 5) is 23.9. The fourth-order valence-electron chi connectivity index (χ4n) is 3.04. The number of nitrogens with one attached hydrogen (secondary N) is 1. The Balaban J connectivity index is 2.26. The topological polar surface area (TPSA) is 66.4 Å². The van der Waals surface area contributed by atoms with E-state index in [1.54, 1.807) is 0 Å². The summed E-state index contributed by atoms with van der Waals surface area (Å²) in [5.74, 6) is -3.26. The van der Waals surface area contributed by atoms with E-state index in [0.717, 1.165) is 18.6 Å². The van der Waals surface area contributed by atoms with E-state index >= 15 is 0 Å². The van der Waals surface area contributed by atoms with Crippen molar-refractivity contribution in [2.24, 2.45) is 0 Å². The predicted octanol–water partition coefficient (Wildman–Crippen LogP) is 3.15. The second kappa shape index (κ2) is 7.06. The average molecular weight is 325 g/mol. The summed E-state index contributed by atoms with van der Waals surface area (Å²) in [5.41, 5.74) is -1.54. The second-order valence-corrected chi connectivity index (χ2v) is 6.04. The number of carboxylic acid groups (broad SMARTS) is 1. The van der Waals surface area contributed by atoms with Crippen LogP contribution in [0.2, 0.25) is 0 Å². The summed E-state index contributed by atoms with van der Waals surface area (Å²) >= 11 is 0. The Hall–Kier alpha value is -1.98. The molecule has 2 rings (SSSR count). The van der Waals surface area contributed by atoms with E-state index in [0.29, 0.717) is 32.1 Å². The summed E-state index contributed by atoms with van der Waals surface area (Å²) in [6.07, 6.45) is 3.06. The maximum Gasteiger partial charge on any atom is 0.326 e. The van der Waals surface area contributed by atoms with Gasteiger partial charge in [-0.15, -0.1) is 0 Å². The lowest BCUT2D eigenvalue weighted by molar-refractivity contribution is -0.144. The molecular formula is C17H21F2NO3. The monoisotopic (exact) mass is 325 g/mol. The molecule has 0 spiro atoms. The number of hydrogen-bond donors (Lipinski definition) is 2. The molecular weight excluding hydrogens is 304 g/mol. The molecule has 1 atom stereocenters. The number of hydrogen-bond acceptors (Lipinski definition) is 2. The lowest BCUT2D eigenvalue weighted by Gasteiger charge is -2.41. The van der Waals surface area contributed by atoms with Crippen LogP contribution in [-0.2, 0) is 15.0 Å². The molecule has 1 aliphatic rings. The van der Waals surface area contributed by atoms with Crippen molar-refractivity contribution in [2.75, 3.05) is 0 Å². The summed E-state index contributed by atoms with van der Waals surface area (Å²) in [6, 6.07) is 2.46. The maximum absolute atomic E-state index is 14.1.